The number of benzene rings is 3. The predicted molar refractivity (Wildman–Crippen MR) is 109 cm³/mol. The molecule has 0 saturated carbocycles. The number of rotatable bonds is 4. The normalized spacial score (nSPS) is 10.9. The lowest BCUT2D eigenvalue weighted by Crippen LogP contribution is -2.08. The summed E-state index contributed by atoms with van der Waals surface area (Å²) >= 11 is 9.31. The van der Waals surface area contributed by atoms with Crippen LogP contribution in [-0.4, -0.2) is 12.2 Å². The Morgan fingerprint density at radius 1 is 1.08 bits per heavy atom. The van der Waals surface area contributed by atoms with Gasteiger partial charge in [0.2, 0.25) is 0 Å². The highest BCUT2D eigenvalue weighted by Gasteiger charge is 2.09. The van der Waals surface area contributed by atoms with Crippen LogP contribution < -0.4 is 4.74 Å². The van der Waals surface area contributed by atoms with Gasteiger partial charge in [-0.05, 0) is 67.1 Å². The third-order valence-corrected chi connectivity index (χ3v) is 4.26. The van der Waals surface area contributed by atoms with Gasteiger partial charge in [-0.2, -0.15) is 0 Å². The average molecular weight is 429 g/mol. The van der Waals surface area contributed by atoms with Crippen molar-refractivity contribution in [3.8, 4) is 5.75 Å². The number of esters is 1. The first kappa shape index (κ1) is 18.4. The highest BCUT2D eigenvalue weighted by atomic mass is 79.9. The Bertz CT molecular complexity index is 968. The molecule has 0 radical (unpaired) electrons. The van der Waals surface area contributed by atoms with Crippen LogP contribution in [0.3, 0.4) is 0 Å². The molecule has 0 aliphatic heterocycles. The summed E-state index contributed by atoms with van der Waals surface area (Å²) in [5.74, 6) is 0.0517. The molecule has 0 aliphatic carbocycles. The first-order valence-corrected chi connectivity index (χ1v) is 9.06. The largest absolute Gasteiger partial charge is 0.423 e. The average Bonchev–Trinajstić information content (AvgIpc) is 2.61. The van der Waals surface area contributed by atoms with Gasteiger partial charge < -0.3 is 4.74 Å². The molecule has 0 unspecified atom stereocenters. The number of carbonyl (C=O) groups excluding carboxylic acids is 1. The molecule has 3 aromatic carbocycles. The van der Waals surface area contributed by atoms with Crippen molar-refractivity contribution in [2.75, 3.05) is 0 Å². The molecule has 0 bridgehead atoms. The maximum absolute atomic E-state index is 12.3. The third kappa shape index (κ3) is 5.04. The number of ether oxygens (including phenoxy) is 1. The van der Waals surface area contributed by atoms with E-state index in [-0.39, 0.29) is 0 Å². The molecule has 0 amide bonds. The van der Waals surface area contributed by atoms with Crippen molar-refractivity contribution in [1.82, 2.24) is 0 Å². The molecule has 3 nitrogen and oxygen atoms in total. The van der Waals surface area contributed by atoms with Crippen molar-refractivity contribution in [3.63, 3.8) is 0 Å². The quantitative estimate of drug-likeness (QED) is 0.275. The lowest BCUT2D eigenvalue weighted by atomic mass is 10.1. The minimum Gasteiger partial charge on any atom is -0.423 e. The molecule has 0 N–H and O–H groups in total. The summed E-state index contributed by atoms with van der Waals surface area (Å²) in [6.07, 6.45) is 1.71. The van der Waals surface area contributed by atoms with E-state index in [1.807, 2.05) is 37.3 Å². The van der Waals surface area contributed by atoms with E-state index in [2.05, 4.69) is 20.9 Å². The number of aryl methyl sites for hydroxylation is 1. The molecule has 0 saturated heterocycles. The highest BCUT2D eigenvalue weighted by molar-refractivity contribution is 9.10. The fourth-order valence-electron chi connectivity index (χ4n) is 2.33. The summed E-state index contributed by atoms with van der Waals surface area (Å²) in [5, 5.41) is 0.664. The second-order valence-corrected chi connectivity index (χ2v) is 7.07. The van der Waals surface area contributed by atoms with E-state index in [1.54, 1.807) is 42.6 Å². The summed E-state index contributed by atoms with van der Waals surface area (Å²) in [7, 11) is 0. The first-order valence-electron chi connectivity index (χ1n) is 7.89. The number of aliphatic imine (C=N–C) groups is 1. The Balaban J connectivity index is 1.79. The molecule has 0 aliphatic rings. The van der Waals surface area contributed by atoms with Crippen LogP contribution in [0.4, 0.5) is 5.69 Å². The minimum atomic E-state index is -0.396. The van der Waals surface area contributed by atoms with E-state index < -0.39 is 5.97 Å². The van der Waals surface area contributed by atoms with Crippen LogP contribution in [0.1, 0.15) is 21.5 Å². The van der Waals surface area contributed by atoms with Crippen molar-refractivity contribution in [3.05, 3.63) is 92.9 Å². The van der Waals surface area contributed by atoms with Crippen LogP contribution in [0.5, 0.6) is 5.75 Å². The van der Waals surface area contributed by atoms with E-state index in [0.29, 0.717) is 16.3 Å². The Labute approximate surface area is 165 Å². The van der Waals surface area contributed by atoms with E-state index in [9.17, 15) is 4.79 Å². The number of nitrogens with zero attached hydrogens (tertiary/aromatic N) is 1. The van der Waals surface area contributed by atoms with Crippen molar-refractivity contribution < 1.29 is 9.53 Å². The van der Waals surface area contributed by atoms with Crippen molar-refractivity contribution in [1.29, 1.82) is 0 Å². The molecular formula is C21H15BrClNO2. The molecule has 0 atom stereocenters. The summed E-state index contributed by atoms with van der Waals surface area (Å²) in [5.41, 5.74) is 3.11. The summed E-state index contributed by atoms with van der Waals surface area (Å²) < 4.78 is 6.29. The van der Waals surface area contributed by atoms with Gasteiger partial charge in [0.1, 0.15) is 5.75 Å². The number of hydrogen-bond donors (Lipinski definition) is 0. The Hall–Kier alpha value is -2.43. The van der Waals surface area contributed by atoms with Gasteiger partial charge in [0.15, 0.2) is 0 Å². The highest BCUT2D eigenvalue weighted by Crippen LogP contribution is 2.23. The fourth-order valence-corrected chi connectivity index (χ4v) is 2.95. The molecular weight excluding hydrogens is 414 g/mol. The maximum atomic E-state index is 12.3. The summed E-state index contributed by atoms with van der Waals surface area (Å²) in [6.45, 7) is 1.93. The zero-order valence-electron chi connectivity index (χ0n) is 13.9. The number of halogens is 2. The summed E-state index contributed by atoms with van der Waals surface area (Å²) in [6, 6.07) is 19.9. The van der Waals surface area contributed by atoms with Crippen molar-refractivity contribution in [2.45, 2.75) is 6.92 Å². The molecule has 130 valence electrons. The molecule has 5 heteroatoms. The van der Waals surface area contributed by atoms with Crippen LogP contribution in [0.25, 0.3) is 0 Å². The predicted octanol–water partition coefficient (Wildman–Crippen LogP) is 6.38. The molecule has 3 rings (SSSR count). The van der Waals surface area contributed by atoms with Gasteiger partial charge >= 0.3 is 5.97 Å². The van der Waals surface area contributed by atoms with Gasteiger partial charge in [-0.25, -0.2) is 4.79 Å². The van der Waals surface area contributed by atoms with Gasteiger partial charge in [0.25, 0.3) is 0 Å². The lowest BCUT2D eigenvalue weighted by Gasteiger charge is -2.07. The molecule has 0 fully saturated rings. The molecule has 0 spiro atoms. The monoisotopic (exact) mass is 427 g/mol. The van der Waals surface area contributed by atoms with E-state index >= 15 is 0 Å². The zero-order valence-corrected chi connectivity index (χ0v) is 16.3. The van der Waals surface area contributed by atoms with Crippen LogP contribution in [0.15, 0.2) is 76.2 Å². The molecule has 0 heterocycles. The first-order chi connectivity index (χ1) is 12.5. The SMILES string of the molecule is Cc1cccc(C(=O)Oc2cc(Br)cc(C=Nc3ccc(Cl)cc3)c2)c1. The number of carbonyl (C=O) groups is 1. The van der Waals surface area contributed by atoms with Crippen molar-refractivity contribution in [2.24, 2.45) is 4.99 Å². The molecule has 0 aromatic heterocycles. The zero-order chi connectivity index (χ0) is 18.5. The van der Waals surface area contributed by atoms with Gasteiger partial charge in [-0.1, -0.05) is 45.2 Å². The van der Waals surface area contributed by atoms with E-state index in [4.69, 9.17) is 16.3 Å². The van der Waals surface area contributed by atoms with Crippen LogP contribution >= 0.6 is 27.5 Å². The maximum Gasteiger partial charge on any atom is 0.343 e. The van der Waals surface area contributed by atoms with Crippen molar-refractivity contribution >= 4 is 45.4 Å². The second-order valence-electron chi connectivity index (χ2n) is 5.71. The Morgan fingerprint density at radius 2 is 1.85 bits per heavy atom. The van der Waals surface area contributed by atoms with Gasteiger partial charge in [0.05, 0.1) is 11.3 Å². The van der Waals surface area contributed by atoms with Gasteiger partial charge in [-0.3, -0.25) is 4.99 Å². The Kier molecular flexibility index (Phi) is 5.86. The number of hydrogen-bond acceptors (Lipinski definition) is 3. The second kappa shape index (κ2) is 8.30. The van der Waals surface area contributed by atoms with Gasteiger partial charge in [0, 0.05) is 15.7 Å². The standard InChI is InChI=1S/C21H15BrClNO2/c1-14-3-2-4-16(9-14)21(25)26-20-11-15(10-17(22)12-20)13-24-19-7-5-18(23)6-8-19/h2-13H,1H3. The summed E-state index contributed by atoms with van der Waals surface area (Å²) in [4.78, 5) is 16.7. The molecule has 26 heavy (non-hydrogen) atoms. The van der Waals surface area contributed by atoms with Crippen LogP contribution in [0, 0.1) is 6.92 Å². The van der Waals surface area contributed by atoms with Crippen LogP contribution in [0.2, 0.25) is 5.02 Å². The third-order valence-electron chi connectivity index (χ3n) is 3.55. The smallest absolute Gasteiger partial charge is 0.343 e. The topological polar surface area (TPSA) is 38.7 Å². The fraction of sp³-hybridized carbons (Fsp3) is 0.0476. The Morgan fingerprint density at radius 3 is 2.58 bits per heavy atom. The van der Waals surface area contributed by atoms with E-state index in [0.717, 1.165) is 21.3 Å². The van der Waals surface area contributed by atoms with Gasteiger partial charge in [-0.15, -0.1) is 0 Å². The minimum absolute atomic E-state index is 0.396. The van der Waals surface area contributed by atoms with Crippen LogP contribution in [-0.2, 0) is 0 Å². The van der Waals surface area contributed by atoms with E-state index in [1.165, 1.54) is 0 Å². The lowest BCUT2D eigenvalue weighted by molar-refractivity contribution is 0.0734. The molecule has 3 aromatic rings.